The van der Waals surface area contributed by atoms with Crippen LogP contribution >= 0.6 is 0 Å². The van der Waals surface area contributed by atoms with Gasteiger partial charge >= 0.3 is 0 Å². The standard InChI is InChI=1S/C26H29F2N3O3/c1-18-17-23(32)24(26(33)31(18)15-16-34-2)25(19-7-9-20(27)10-8-19)30-13-11-29(12-14-30)22-6-4-3-5-21(22)28/h3-10,17,25,32H,11-16H2,1-2H3/t25-/m1/s1. The molecule has 1 aliphatic heterocycles. The van der Waals surface area contributed by atoms with Gasteiger partial charge in [-0.3, -0.25) is 9.69 Å². The predicted molar refractivity (Wildman–Crippen MR) is 127 cm³/mol. The molecule has 8 heteroatoms. The Morgan fingerprint density at radius 1 is 1.03 bits per heavy atom. The van der Waals surface area contributed by atoms with E-state index in [1.165, 1.54) is 18.2 Å². The Morgan fingerprint density at radius 3 is 2.35 bits per heavy atom. The van der Waals surface area contributed by atoms with Crippen LogP contribution in [0.25, 0.3) is 0 Å². The summed E-state index contributed by atoms with van der Waals surface area (Å²) in [4.78, 5) is 17.6. The lowest BCUT2D eigenvalue weighted by atomic mass is 9.96. The molecule has 1 atom stereocenters. The average Bonchev–Trinajstić information content (AvgIpc) is 2.83. The number of benzene rings is 2. The van der Waals surface area contributed by atoms with Crippen LogP contribution in [0.3, 0.4) is 0 Å². The number of aryl methyl sites for hydroxylation is 1. The first-order valence-electron chi connectivity index (χ1n) is 11.3. The lowest BCUT2D eigenvalue weighted by Crippen LogP contribution is -2.49. The van der Waals surface area contributed by atoms with Gasteiger partial charge in [0.25, 0.3) is 5.56 Å². The van der Waals surface area contributed by atoms with Crippen molar-refractivity contribution in [2.75, 3.05) is 44.8 Å². The number of nitrogens with zero attached hydrogens (tertiary/aromatic N) is 3. The molecule has 4 rings (SSSR count). The summed E-state index contributed by atoms with van der Waals surface area (Å²) in [5, 5.41) is 10.9. The molecule has 0 unspecified atom stereocenters. The molecule has 1 saturated heterocycles. The van der Waals surface area contributed by atoms with Gasteiger partial charge in [-0.25, -0.2) is 8.78 Å². The minimum atomic E-state index is -0.578. The summed E-state index contributed by atoms with van der Waals surface area (Å²) in [6.07, 6.45) is 0. The monoisotopic (exact) mass is 469 g/mol. The van der Waals surface area contributed by atoms with Crippen molar-refractivity contribution in [3.05, 3.63) is 93.4 Å². The third-order valence-corrected chi connectivity index (χ3v) is 6.37. The summed E-state index contributed by atoms with van der Waals surface area (Å²) in [7, 11) is 1.57. The highest BCUT2D eigenvalue weighted by Gasteiger charge is 2.32. The fraction of sp³-hybridized carbons (Fsp3) is 0.346. The number of hydrogen-bond acceptors (Lipinski definition) is 5. The van der Waals surface area contributed by atoms with Crippen molar-refractivity contribution in [2.24, 2.45) is 0 Å². The highest BCUT2D eigenvalue weighted by molar-refractivity contribution is 5.48. The summed E-state index contributed by atoms with van der Waals surface area (Å²) in [6.45, 7) is 4.62. The Morgan fingerprint density at radius 2 is 1.71 bits per heavy atom. The molecule has 1 fully saturated rings. The molecule has 34 heavy (non-hydrogen) atoms. The molecule has 3 aromatic rings. The van der Waals surface area contributed by atoms with E-state index in [2.05, 4.69) is 4.90 Å². The number of ether oxygens (including phenoxy) is 1. The van der Waals surface area contributed by atoms with Gasteiger partial charge in [-0.2, -0.15) is 0 Å². The van der Waals surface area contributed by atoms with E-state index in [0.717, 1.165) is 0 Å². The van der Waals surface area contributed by atoms with Gasteiger partial charge in [0.2, 0.25) is 0 Å². The molecular formula is C26H29F2N3O3. The maximum Gasteiger partial charge on any atom is 0.259 e. The highest BCUT2D eigenvalue weighted by Crippen LogP contribution is 2.34. The van der Waals surface area contributed by atoms with Crippen molar-refractivity contribution in [3.8, 4) is 5.75 Å². The van der Waals surface area contributed by atoms with Gasteiger partial charge in [0.15, 0.2) is 0 Å². The van der Waals surface area contributed by atoms with Crippen LogP contribution in [0.15, 0.2) is 59.4 Å². The molecule has 1 aromatic heterocycles. The maximum atomic E-state index is 14.3. The number of aromatic hydroxyl groups is 1. The van der Waals surface area contributed by atoms with E-state index in [1.807, 2.05) is 4.90 Å². The van der Waals surface area contributed by atoms with Crippen molar-refractivity contribution >= 4 is 5.69 Å². The first kappa shape index (κ1) is 23.9. The fourth-order valence-electron chi connectivity index (χ4n) is 4.62. The zero-order chi connectivity index (χ0) is 24.2. The van der Waals surface area contributed by atoms with Gasteiger partial charge < -0.3 is 19.3 Å². The van der Waals surface area contributed by atoms with Crippen LogP contribution < -0.4 is 10.5 Å². The third kappa shape index (κ3) is 4.83. The number of pyridine rings is 1. The van der Waals surface area contributed by atoms with Crippen LogP contribution in [-0.4, -0.2) is 54.5 Å². The molecule has 1 N–H and O–H groups in total. The van der Waals surface area contributed by atoms with Crippen molar-refractivity contribution < 1.29 is 18.6 Å². The van der Waals surface area contributed by atoms with Crippen LogP contribution in [0.1, 0.15) is 22.9 Å². The minimum Gasteiger partial charge on any atom is -0.507 e. The van der Waals surface area contributed by atoms with Gasteiger partial charge in [0.05, 0.1) is 23.9 Å². The van der Waals surface area contributed by atoms with E-state index in [9.17, 15) is 18.7 Å². The molecule has 2 heterocycles. The smallest absolute Gasteiger partial charge is 0.259 e. The van der Waals surface area contributed by atoms with Crippen LogP contribution in [-0.2, 0) is 11.3 Å². The zero-order valence-corrected chi connectivity index (χ0v) is 19.4. The molecule has 1 aliphatic rings. The van der Waals surface area contributed by atoms with Crippen molar-refractivity contribution in [1.82, 2.24) is 9.47 Å². The summed E-state index contributed by atoms with van der Waals surface area (Å²) in [5.74, 6) is -0.747. The summed E-state index contributed by atoms with van der Waals surface area (Å²) >= 11 is 0. The van der Waals surface area contributed by atoms with E-state index in [1.54, 1.807) is 55.0 Å². The molecule has 0 aliphatic carbocycles. The molecule has 0 amide bonds. The summed E-state index contributed by atoms with van der Waals surface area (Å²) in [6, 6.07) is 13.7. The number of anilines is 1. The Hall–Kier alpha value is -3.23. The first-order valence-corrected chi connectivity index (χ1v) is 11.3. The molecule has 0 saturated carbocycles. The molecule has 180 valence electrons. The summed E-state index contributed by atoms with van der Waals surface area (Å²) < 4.78 is 34.8. The Labute approximate surface area is 197 Å². The molecule has 0 bridgehead atoms. The number of para-hydroxylation sites is 1. The first-order chi connectivity index (χ1) is 16.4. The topological polar surface area (TPSA) is 57.9 Å². The molecule has 0 radical (unpaired) electrons. The van der Waals surface area contributed by atoms with Crippen LogP contribution in [0, 0.1) is 18.6 Å². The van der Waals surface area contributed by atoms with E-state index >= 15 is 0 Å². The molecular weight excluding hydrogens is 440 g/mol. The number of hydrogen-bond donors (Lipinski definition) is 1. The maximum absolute atomic E-state index is 14.3. The van der Waals surface area contributed by atoms with Crippen molar-refractivity contribution in [3.63, 3.8) is 0 Å². The number of aromatic nitrogens is 1. The van der Waals surface area contributed by atoms with Crippen LogP contribution in [0.4, 0.5) is 14.5 Å². The minimum absolute atomic E-state index is 0.0953. The highest BCUT2D eigenvalue weighted by atomic mass is 19.1. The number of rotatable bonds is 7. The second-order valence-corrected chi connectivity index (χ2v) is 8.46. The lowest BCUT2D eigenvalue weighted by molar-refractivity contribution is 0.183. The average molecular weight is 470 g/mol. The van der Waals surface area contributed by atoms with Crippen LogP contribution in [0.5, 0.6) is 5.75 Å². The van der Waals surface area contributed by atoms with Crippen molar-refractivity contribution in [1.29, 1.82) is 0 Å². The van der Waals surface area contributed by atoms with E-state index in [0.29, 0.717) is 56.3 Å². The molecule has 6 nitrogen and oxygen atoms in total. The number of piperazine rings is 1. The SMILES string of the molecule is COCCn1c(C)cc(O)c([C@@H](c2ccc(F)cc2)N2CCN(c3ccccc3F)CC2)c1=O. The Bertz CT molecular complexity index is 1190. The van der Waals surface area contributed by atoms with Gasteiger partial charge in [-0.05, 0) is 42.8 Å². The van der Waals surface area contributed by atoms with E-state index in [-0.39, 0.29) is 28.5 Å². The second-order valence-electron chi connectivity index (χ2n) is 8.46. The second kappa shape index (κ2) is 10.4. The summed E-state index contributed by atoms with van der Waals surface area (Å²) in [5.41, 5.74) is 1.81. The van der Waals surface area contributed by atoms with Gasteiger partial charge in [-0.1, -0.05) is 24.3 Å². The van der Waals surface area contributed by atoms with Crippen LogP contribution in [0.2, 0.25) is 0 Å². The Balaban J connectivity index is 1.72. The van der Waals surface area contributed by atoms with Gasteiger partial charge in [0, 0.05) is 45.5 Å². The number of methoxy groups -OCH3 is 1. The predicted octanol–water partition coefficient (Wildman–Crippen LogP) is 3.70. The van der Waals surface area contributed by atoms with E-state index < -0.39 is 6.04 Å². The fourth-order valence-corrected chi connectivity index (χ4v) is 4.62. The normalized spacial score (nSPS) is 15.5. The molecule has 0 spiro atoms. The van der Waals surface area contributed by atoms with E-state index in [4.69, 9.17) is 4.74 Å². The molecule has 2 aromatic carbocycles. The van der Waals surface area contributed by atoms with Gasteiger partial charge in [0.1, 0.15) is 17.4 Å². The quantitative estimate of drug-likeness (QED) is 0.572. The zero-order valence-electron chi connectivity index (χ0n) is 19.4. The third-order valence-electron chi connectivity index (χ3n) is 6.37. The van der Waals surface area contributed by atoms with Crippen molar-refractivity contribution in [2.45, 2.75) is 19.5 Å². The number of halogens is 2. The Kier molecular flexibility index (Phi) is 7.29. The largest absolute Gasteiger partial charge is 0.507 e. The van der Waals surface area contributed by atoms with Gasteiger partial charge in [-0.15, -0.1) is 0 Å². The lowest BCUT2D eigenvalue weighted by Gasteiger charge is -2.40.